The fourth-order valence-electron chi connectivity index (χ4n) is 6.32. The minimum absolute atomic E-state index is 0.154. The predicted octanol–water partition coefficient (Wildman–Crippen LogP) is 4.53. The van der Waals surface area contributed by atoms with Gasteiger partial charge in [0.2, 0.25) is 5.91 Å². The van der Waals surface area contributed by atoms with Gasteiger partial charge in [0.1, 0.15) is 0 Å². The fraction of sp³-hybridized carbons (Fsp3) is 0.808. The van der Waals surface area contributed by atoms with Gasteiger partial charge in [0.05, 0.1) is 23.0 Å². The first kappa shape index (κ1) is 24.6. The summed E-state index contributed by atoms with van der Waals surface area (Å²) >= 11 is 3.63. The zero-order valence-corrected chi connectivity index (χ0v) is 22.5. The van der Waals surface area contributed by atoms with Crippen molar-refractivity contribution in [2.75, 3.05) is 19.6 Å². The van der Waals surface area contributed by atoms with Gasteiger partial charge >= 0.3 is 0 Å². The number of thioether (sulfide) groups is 1. The number of hydrogen-bond donors (Lipinski definition) is 2. The van der Waals surface area contributed by atoms with Gasteiger partial charge in [-0.15, -0.1) is 11.3 Å². The molecule has 2 saturated carbocycles. The molecule has 0 aromatic carbocycles. The second-order valence-electron chi connectivity index (χ2n) is 11.2. The lowest BCUT2D eigenvalue weighted by molar-refractivity contribution is -0.121. The van der Waals surface area contributed by atoms with Crippen LogP contribution >= 0.6 is 23.1 Å². The number of likely N-dealkylation sites (tertiary alicyclic amines) is 1. The van der Waals surface area contributed by atoms with Crippen LogP contribution in [0.2, 0.25) is 0 Å². The number of nitrogens with one attached hydrogen (secondary N) is 2. The van der Waals surface area contributed by atoms with E-state index in [4.69, 9.17) is 4.99 Å². The summed E-state index contributed by atoms with van der Waals surface area (Å²) in [5.74, 6) is 0.953. The number of carbonyl (C=O) groups is 1. The summed E-state index contributed by atoms with van der Waals surface area (Å²) in [5, 5.41) is 10.0. The molecule has 0 bridgehead atoms. The van der Waals surface area contributed by atoms with Crippen LogP contribution in [0.15, 0.2) is 11.2 Å². The van der Waals surface area contributed by atoms with E-state index in [2.05, 4.69) is 27.4 Å². The standard InChI is InChI=1S/C26H41N5OS2/c1-18-27-16-22(33-18)15-24(32)28-21-9-7-19(8-10-21)11-13-31-14-12-23-26(2,17-31)30-25(34-23)29-20-5-3-4-6-20/h16,19-21,23H,3-15,17H2,1-2H3,(H,28,32)(H,29,30). The van der Waals surface area contributed by atoms with Crippen molar-refractivity contribution in [2.24, 2.45) is 10.9 Å². The zero-order valence-electron chi connectivity index (χ0n) is 20.9. The maximum atomic E-state index is 12.4. The molecule has 0 radical (unpaired) electrons. The predicted molar refractivity (Wildman–Crippen MR) is 143 cm³/mol. The smallest absolute Gasteiger partial charge is 0.225 e. The van der Waals surface area contributed by atoms with E-state index in [1.165, 1.54) is 69.6 Å². The van der Waals surface area contributed by atoms with Gasteiger partial charge in [0.25, 0.3) is 0 Å². The van der Waals surface area contributed by atoms with Gasteiger partial charge in [-0.05, 0) is 84.2 Å². The maximum absolute atomic E-state index is 12.4. The van der Waals surface area contributed by atoms with Crippen LogP contribution < -0.4 is 10.6 Å². The fourth-order valence-corrected chi connectivity index (χ4v) is 8.50. The number of aryl methyl sites for hydroxylation is 1. The quantitative estimate of drug-likeness (QED) is 0.572. The molecule has 2 saturated heterocycles. The number of aromatic nitrogens is 1. The maximum Gasteiger partial charge on any atom is 0.225 e. The lowest BCUT2D eigenvalue weighted by atomic mass is 9.83. The van der Waals surface area contributed by atoms with E-state index in [9.17, 15) is 4.79 Å². The Hall–Kier alpha value is -1.12. The molecule has 0 spiro atoms. The molecule has 2 atom stereocenters. The number of aliphatic imine (C=N–C) groups is 1. The number of thiazole rings is 1. The van der Waals surface area contributed by atoms with Crippen LogP contribution in [0, 0.1) is 12.8 Å². The summed E-state index contributed by atoms with van der Waals surface area (Å²) in [5.41, 5.74) is 0.166. The highest BCUT2D eigenvalue weighted by Crippen LogP contribution is 2.39. The van der Waals surface area contributed by atoms with Crippen molar-refractivity contribution >= 4 is 34.2 Å². The molecule has 2 aliphatic carbocycles. The molecular weight excluding hydrogens is 462 g/mol. The molecule has 4 aliphatic rings. The summed E-state index contributed by atoms with van der Waals surface area (Å²) in [6.45, 7) is 7.96. The molecule has 1 amide bonds. The molecule has 1 aromatic heterocycles. The monoisotopic (exact) mass is 503 g/mol. The summed E-state index contributed by atoms with van der Waals surface area (Å²) < 4.78 is 0. The first-order valence-electron chi connectivity index (χ1n) is 13.4. The highest BCUT2D eigenvalue weighted by molar-refractivity contribution is 8.14. The average molecular weight is 504 g/mol. The van der Waals surface area contributed by atoms with Gasteiger partial charge < -0.3 is 15.5 Å². The lowest BCUT2D eigenvalue weighted by Crippen LogP contribution is -2.58. The normalized spacial score (nSPS) is 33.7. The number of carbonyl (C=O) groups excluding carboxylic acids is 1. The van der Waals surface area contributed by atoms with Crippen molar-refractivity contribution in [2.45, 2.75) is 107 Å². The Balaban J connectivity index is 1.02. The Kier molecular flexibility index (Phi) is 7.86. The van der Waals surface area contributed by atoms with Gasteiger partial charge in [0.15, 0.2) is 5.17 Å². The Bertz CT molecular complexity index is 874. The van der Waals surface area contributed by atoms with E-state index in [0.29, 0.717) is 23.8 Å². The number of rotatable bonds is 7. The third kappa shape index (κ3) is 6.16. The number of amides is 1. The molecule has 2 unspecified atom stereocenters. The van der Waals surface area contributed by atoms with Crippen LogP contribution in [0.1, 0.15) is 81.0 Å². The van der Waals surface area contributed by atoms with Crippen LogP contribution in [0.5, 0.6) is 0 Å². The number of fused-ring (bicyclic) bond motifs is 1. The first-order valence-corrected chi connectivity index (χ1v) is 15.1. The molecule has 8 heteroatoms. The van der Waals surface area contributed by atoms with Crippen molar-refractivity contribution in [3.63, 3.8) is 0 Å². The van der Waals surface area contributed by atoms with Gasteiger partial charge in [-0.25, -0.2) is 4.98 Å². The molecule has 5 rings (SSSR count). The molecule has 6 nitrogen and oxygen atoms in total. The highest BCUT2D eigenvalue weighted by atomic mass is 32.2. The van der Waals surface area contributed by atoms with Crippen LogP contribution in [-0.2, 0) is 11.2 Å². The van der Waals surface area contributed by atoms with Crippen LogP contribution in [0.4, 0.5) is 0 Å². The average Bonchev–Trinajstić information content (AvgIpc) is 3.53. The van der Waals surface area contributed by atoms with Gasteiger partial charge in [-0.3, -0.25) is 9.79 Å². The molecule has 188 valence electrons. The highest BCUT2D eigenvalue weighted by Gasteiger charge is 2.46. The van der Waals surface area contributed by atoms with Crippen molar-refractivity contribution in [1.29, 1.82) is 0 Å². The minimum atomic E-state index is 0.154. The Labute approximate surface area is 213 Å². The lowest BCUT2D eigenvalue weighted by Gasteiger charge is -2.42. The van der Waals surface area contributed by atoms with Crippen molar-refractivity contribution in [3.05, 3.63) is 16.1 Å². The zero-order chi connectivity index (χ0) is 23.5. The number of piperidine rings is 1. The van der Waals surface area contributed by atoms with Gasteiger partial charge in [0, 0.05) is 28.9 Å². The first-order chi connectivity index (χ1) is 16.4. The van der Waals surface area contributed by atoms with Crippen molar-refractivity contribution < 1.29 is 4.79 Å². The second-order valence-corrected chi connectivity index (χ2v) is 13.7. The van der Waals surface area contributed by atoms with Crippen molar-refractivity contribution in [3.8, 4) is 0 Å². The summed E-state index contributed by atoms with van der Waals surface area (Å²) in [4.78, 5) is 25.5. The topological polar surface area (TPSA) is 69.6 Å². The molecule has 2 aliphatic heterocycles. The Morgan fingerprint density at radius 3 is 2.76 bits per heavy atom. The van der Waals surface area contributed by atoms with Gasteiger partial charge in [-0.1, -0.05) is 24.6 Å². The van der Waals surface area contributed by atoms with E-state index >= 15 is 0 Å². The van der Waals surface area contributed by atoms with E-state index in [-0.39, 0.29) is 11.4 Å². The third-order valence-corrected chi connectivity index (χ3v) is 10.7. The number of amidine groups is 1. The van der Waals surface area contributed by atoms with E-state index in [0.717, 1.165) is 35.2 Å². The van der Waals surface area contributed by atoms with E-state index < -0.39 is 0 Å². The second kappa shape index (κ2) is 10.9. The Morgan fingerprint density at radius 1 is 1.24 bits per heavy atom. The summed E-state index contributed by atoms with van der Waals surface area (Å²) in [6, 6.07) is 0.913. The van der Waals surface area contributed by atoms with Crippen molar-refractivity contribution in [1.82, 2.24) is 20.5 Å². The molecule has 4 fully saturated rings. The molecule has 1 aromatic rings. The molecule has 2 N–H and O–H groups in total. The largest absolute Gasteiger partial charge is 0.357 e. The molecular formula is C26H41N5OS2. The minimum Gasteiger partial charge on any atom is -0.357 e. The molecule has 3 heterocycles. The molecule has 34 heavy (non-hydrogen) atoms. The van der Waals surface area contributed by atoms with E-state index in [1.54, 1.807) is 11.3 Å². The van der Waals surface area contributed by atoms with Crippen LogP contribution in [0.3, 0.4) is 0 Å². The van der Waals surface area contributed by atoms with E-state index in [1.807, 2.05) is 24.9 Å². The number of hydrogen-bond acceptors (Lipinski definition) is 6. The number of nitrogens with zero attached hydrogens (tertiary/aromatic N) is 3. The van der Waals surface area contributed by atoms with Crippen LogP contribution in [-0.4, -0.2) is 63.5 Å². The Morgan fingerprint density at radius 2 is 2.03 bits per heavy atom. The summed E-state index contributed by atoms with van der Waals surface area (Å²) in [7, 11) is 0. The third-order valence-electron chi connectivity index (χ3n) is 8.31. The van der Waals surface area contributed by atoms with Crippen LogP contribution in [0.25, 0.3) is 0 Å². The van der Waals surface area contributed by atoms with Gasteiger partial charge in [-0.2, -0.15) is 0 Å². The summed E-state index contributed by atoms with van der Waals surface area (Å²) in [6.07, 6.45) is 14.8. The SMILES string of the molecule is Cc1ncc(CC(=O)NC2CCC(CCN3CCC4SC(=NC5CCCC5)NC4(C)C3)CC2)s1.